The van der Waals surface area contributed by atoms with Gasteiger partial charge in [-0.25, -0.2) is 4.79 Å². The van der Waals surface area contributed by atoms with Gasteiger partial charge in [0.2, 0.25) is 0 Å². The minimum atomic E-state index is -5.19. The van der Waals surface area contributed by atoms with Crippen molar-refractivity contribution in [3.8, 4) is 0 Å². The summed E-state index contributed by atoms with van der Waals surface area (Å²) < 4.78 is 38.4. The first kappa shape index (κ1) is 29.0. The van der Waals surface area contributed by atoms with Gasteiger partial charge >= 0.3 is 12.1 Å². The summed E-state index contributed by atoms with van der Waals surface area (Å²) in [5.74, 6) is -2.75. The van der Waals surface area contributed by atoms with Gasteiger partial charge in [0.05, 0.1) is 13.1 Å². The number of nitrogens with zero attached hydrogens (tertiary/aromatic N) is 2. The first-order valence-electron chi connectivity index (χ1n) is 12.3. The number of amides is 1. The Hall–Kier alpha value is -3.60. The molecule has 11 heteroatoms. The number of esters is 1. The molecule has 0 aromatic heterocycles. The van der Waals surface area contributed by atoms with E-state index in [2.05, 4.69) is 5.32 Å². The van der Waals surface area contributed by atoms with Crippen molar-refractivity contribution in [2.24, 2.45) is 5.92 Å². The molecule has 2 aromatic carbocycles. The quantitative estimate of drug-likeness (QED) is 0.432. The van der Waals surface area contributed by atoms with Gasteiger partial charge in [0.25, 0.3) is 5.91 Å². The number of alkyl halides is 3. The van der Waals surface area contributed by atoms with Crippen LogP contribution in [0.2, 0.25) is 0 Å². The molecule has 1 amide bonds. The lowest BCUT2D eigenvalue weighted by molar-refractivity contribution is -0.939. The number of nitrogens with one attached hydrogen (secondary N) is 1. The molecule has 3 fully saturated rings. The van der Waals surface area contributed by atoms with Crippen LogP contribution in [0.4, 0.5) is 18.9 Å². The Kier molecular flexibility index (Phi) is 9.37. The van der Waals surface area contributed by atoms with E-state index in [0.29, 0.717) is 12.5 Å². The lowest BCUT2D eigenvalue weighted by atomic mass is 9.83. The van der Waals surface area contributed by atoms with Crippen LogP contribution in [0.15, 0.2) is 60.7 Å². The molecule has 5 rings (SSSR count). The van der Waals surface area contributed by atoms with Gasteiger partial charge in [-0.05, 0) is 17.7 Å². The predicted octanol–water partition coefficient (Wildman–Crippen LogP) is 2.38. The summed E-state index contributed by atoms with van der Waals surface area (Å²) in [6.07, 6.45) is -3.34. The van der Waals surface area contributed by atoms with Crippen molar-refractivity contribution in [2.45, 2.75) is 31.2 Å². The zero-order valence-corrected chi connectivity index (χ0v) is 21.3. The maximum absolute atomic E-state index is 13.4. The number of piperidine rings is 3. The number of hydrogen-bond acceptors (Lipinski definition) is 6. The van der Waals surface area contributed by atoms with Crippen LogP contribution in [-0.2, 0) is 19.1 Å². The van der Waals surface area contributed by atoms with Crippen molar-refractivity contribution in [1.29, 1.82) is 0 Å². The molecule has 8 nitrogen and oxygen atoms in total. The Bertz CT molecular complexity index is 1090. The number of halogens is 3. The van der Waals surface area contributed by atoms with Crippen molar-refractivity contribution in [1.82, 2.24) is 4.90 Å². The van der Waals surface area contributed by atoms with Gasteiger partial charge in [0.15, 0.2) is 18.7 Å². The minimum absolute atomic E-state index is 0.137. The van der Waals surface area contributed by atoms with Crippen LogP contribution in [0.1, 0.15) is 24.4 Å². The van der Waals surface area contributed by atoms with Gasteiger partial charge < -0.3 is 29.3 Å². The molecular weight excluding hydrogens is 503 g/mol. The largest absolute Gasteiger partial charge is 0.542 e. The summed E-state index contributed by atoms with van der Waals surface area (Å²) in [5, 5.41) is 12.1. The zero-order chi connectivity index (χ0) is 27.9. The highest BCUT2D eigenvalue weighted by Gasteiger charge is 2.49. The van der Waals surface area contributed by atoms with Crippen LogP contribution in [0.3, 0.4) is 0 Å². The molecule has 0 spiro atoms. The van der Waals surface area contributed by atoms with E-state index >= 15 is 0 Å². The fourth-order valence-corrected chi connectivity index (χ4v) is 4.85. The van der Waals surface area contributed by atoms with E-state index in [9.17, 15) is 22.8 Å². The van der Waals surface area contributed by atoms with E-state index in [1.807, 2.05) is 60.7 Å². The van der Waals surface area contributed by atoms with Gasteiger partial charge in [0, 0.05) is 38.5 Å². The van der Waals surface area contributed by atoms with Crippen LogP contribution >= 0.6 is 0 Å². The van der Waals surface area contributed by atoms with Gasteiger partial charge in [0.1, 0.15) is 12.5 Å². The molecule has 38 heavy (non-hydrogen) atoms. The Labute approximate surface area is 219 Å². The third-order valence-electron chi connectivity index (χ3n) is 6.96. The first-order chi connectivity index (χ1) is 17.9. The summed E-state index contributed by atoms with van der Waals surface area (Å²) in [6, 6.07) is 18.9. The number of para-hydroxylation sites is 1. The second-order valence-electron chi connectivity index (χ2n) is 9.87. The van der Waals surface area contributed by atoms with E-state index in [1.165, 1.54) is 0 Å². The molecule has 3 aliphatic heterocycles. The molecule has 0 unspecified atom stereocenters. The molecule has 3 aliphatic rings. The number of fused-ring (bicyclic) bond motifs is 3. The van der Waals surface area contributed by atoms with Crippen LogP contribution < -0.4 is 10.4 Å². The maximum atomic E-state index is 13.4. The van der Waals surface area contributed by atoms with Crippen LogP contribution in [0.5, 0.6) is 0 Å². The van der Waals surface area contributed by atoms with E-state index in [-0.39, 0.29) is 18.0 Å². The van der Waals surface area contributed by atoms with Crippen LogP contribution in [0, 0.1) is 5.92 Å². The van der Waals surface area contributed by atoms with Gasteiger partial charge in [-0.15, -0.1) is 0 Å². The number of anilines is 1. The number of carbonyl (C=O) groups excluding carboxylic acids is 3. The molecule has 2 atom stereocenters. The third kappa shape index (κ3) is 7.70. The number of rotatable bonds is 7. The SMILES string of the molecule is CN(C)C(=O)C[N+]12CCC(CC1)[C@@H](OC(=O)[C@H](Nc1ccccc1)c1ccccc1)C2.O=C([O-])C(F)(F)F. The second-order valence-corrected chi connectivity index (χ2v) is 9.87. The highest BCUT2D eigenvalue weighted by molar-refractivity contribution is 5.81. The standard InChI is InChI=1S/C25H32N3O3.C2HF3O2/c1-27(2)23(29)18-28-15-13-19(14-16-28)22(17-28)31-25(30)24(20-9-5-3-6-10-20)26-21-11-7-4-8-12-21;3-2(4,5)1(6)7/h3-12,19,22,24,26H,13-18H2,1-2H3;(H,6,7)/q+1;/p-1/t19?,22-,24+,28?;/m0./s1. The molecule has 0 aliphatic carbocycles. The highest BCUT2D eigenvalue weighted by Crippen LogP contribution is 2.36. The number of likely N-dealkylation sites (N-methyl/N-ethyl adjacent to an activating group) is 1. The first-order valence-corrected chi connectivity index (χ1v) is 12.3. The smallest absolute Gasteiger partial charge is 0.430 e. The van der Waals surface area contributed by atoms with Gasteiger partial charge in [-0.1, -0.05) is 48.5 Å². The number of hydrogen-bond donors (Lipinski definition) is 1. The third-order valence-corrected chi connectivity index (χ3v) is 6.96. The molecule has 3 heterocycles. The highest BCUT2D eigenvalue weighted by atomic mass is 19.4. The van der Waals surface area contributed by atoms with Crippen LogP contribution in [-0.4, -0.2) is 79.8 Å². The number of carboxylic acids is 1. The molecule has 0 radical (unpaired) electrons. The number of carboxylic acid groups (broad SMARTS) is 1. The molecule has 2 bridgehead atoms. The number of carbonyl (C=O) groups is 3. The molecule has 206 valence electrons. The fourth-order valence-electron chi connectivity index (χ4n) is 4.85. The van der Waals surface area contributed by atoms with Crippen molar-refractivity contribution >= 4 is 23.5 Å². The van der Waals surface area contributed by atoms with E-state index < -0.39 is 18.2 Å². The average molecular weight is 536 g/mol. The van der Waals surface area contributed by atoms with Crippen LogP contribution in [0.25, 0.3) is 0 Å². The summed E-state index contributed by atoms with van der Waals surface area (Å²) in [6.45, 7) is 3.19. The lowest BCUT2D eigenvalue weighted by Crippen LogP contribution is -2.66. The van der Waals surface area contributed by atoms with Gasteiger partial charge in [-0.3, -0.25) is 4.79 Å². The molecule has 0 saturated carbocycles. The van der Waals surface area contributed by atoms with Crippen molar-refractivity contribution < 1.29 is 41.9 Å². The fraction of sp³-hybridized carbons (Fsp3) is 0.444. The van der Waals surface area contributed by atoms with E-state index in [1.54, 1.807) is 19.0 Å². The van der Waals surface area contributed by atoms with Gasteiger partial charge in [-0.2, -0.15) is 13.2 Å². The zero-order valence-electron chi connectivity index (χ0n) is 21.3. The minimum Gasteiger partial charge on any atom is -0.542 e. The molecule has 2 aromatic rings. The summed E-state index contributed by atoms with van der Waals surface area (Å²) in [4.78, 5) is 36.2. The predicted molar refractivity (Wildman–Crippen MR) is 131 cm³/mol. The van der Waals surface area contributed by atoms with E-state index in [0.717, 1.165) is 48.2 Å². The number of benzene rings is 2. The molecule has 1 N–H and O–H groups in total. The monoisotopic (exact) mass is 535 g/mol. The Morgan fingerprint density at radius 1 is 1.03 bits per heavy atom. The number of quaternary nitrogens is 1. The van der Waals surface area contributed by atoms with Crippen molar-refractivity contribution in [3.63, 3.8) is 0 Å². The Morgan fingerprint density at radius 2 is 1.55 bits per heavy atom. The average Bonchev–Trinajstić information content (AvgIpc) is 2.88. The lowest BCUT2D eigenvalue weighted by Gasteiger charge is -2.51. The van der Waals surface area contributed by atoms with Crippen molar-refractivity contribution in [2.75, 3.05) is 45.6 Å². The number of aliphatic carboxylic acids is 1. The number of ether oxygens (including phenoxy) is 1. The molecule has 3 saturated heterocycles. The Morgan fingerprint density at radius 3 is 2.05 bits per heavy atom. The Balaban J connectivity index is 0.000000505. The maximum Gasteiger partial charge on any atom is 0.430 e. The summed E-state index contributed by atoms with van der Waals surface area (Å²) in [5.41, 5.74) is 1.76. The second kappa shape index (κ2) is 12.3. The summed E-state index contributed by atoms with van der Waals surface area (Å²) in [7, 11) is 3.60. The summed E-state index contributed by atoms with van der Waals surface area (Å²) >= 11 is 0. The molecular formula is C27H32F3N3O5. The van der Waals surface area contributed by atoms with E-state index in [4.69, 9.17) is 14.6 Å². The van der Waals surface area contributed by atoms with Crippen molar-refractivity contribution in [3.05, 3.63) is 66.2 Å². The normalized spacial score (nSPS) is 22.9. The topological polar surface area (TPSA) is 98.8 Å².